The smallest absolute Gasteiger partial charge is 0.287 e. The molecule has 0 saturated carbocycles. The molecule has 18 heavy (non-hydrogen) atoms. The zero-order valence-electron chi connectivity index (χ0n) is 9.48. The minimum absolute atomic E-state index is 0.166. The number of nitrogen functional groups attached to an aromatic ring is 1. The summed E-state index contributed by atoms with van der Waals surface area (Å²) >= 11 is 0. The van der Waals surface area contributed by atoms with Crippen molar-refractivity contribution in [3.8, 4) is 5.75 Å². The van der Waals surface area contributed by atoms with E-state index in [-0.39, 0.29) is 5.69 Å². The van der Waals surface area contributed by atoms with E-state index < -0.39 is 5.91 Å². The van der Waals surface area contributed by atoms with Gasteiger partial charge in [0.25, 0.3) is 5.91 Å². The van der Waals surface area contributed by atoms with Gasteiger partial charge in [0.05, 0.1) is 18.9 Å². The Hall–Kier alpha value is -2.48. The lowest BCUT2D eigenvalue weighted by atomic mass is 10.4. The first kappa shape index (κ1) is 12.0. The molecule has 2 aromatic heterocycles. The SMILES string of the molecule is NNC(=O)c1cn(CCOc2cccnc2)nn1. The van der Waals surface area contributed by atoms with Gasteiger partial charge in [-0.15, -0.1) is 5.10 Å². The quantitative estimate of drug-likeness (QED) is 0.414. The molecule has 2 aromatic rings. The van der Waals surface area contributed by atoms with E-state index in [4.69, 9.17) is 10.6 Å². The van der Waals surface area contributed by atoms with E-state index in [1.54, 1.807) is 18.5 Å². The van der Waals surface area contributed by atoms with Crippen LogP contribution in [0.15, 0.2) is 30.7 Å². The Labute approximate surface area is 103 Å². The Kier molecular flexibility index (Phi) is 3.82. The van der Waals surface area contributed by atoms with Gasteiger partial charge in [-0.3, -0.25) is 15.2 Å². The van der Waals surface area contributed by atoms with E-state index in [1.165, 1.54) is 10.9 Å². The molecule has 0 aliphatic carbocycles. The molecule has 8 nitrogen and oxygen atoms in total. The summed E-state index contributed by atoms with van der Waals surface area (Å²) in [7, 11) is 0. The largest absolute Gasteiger partial charge is 0.490 e. The Balaban J connectivity index is 1.84. The number of nitrogens with zero attached hydrogens (tertiary/aromatic N) is 4. The highest BCUT2D eigenvalue weighted by atomic mass is 16.5. The molecule has 1 amide bonds. The van der Waals surface area contributed by atoms with Gasteiger partial charge in [0.1, 0.15) is 12.4 Å². The fourth-order valence-electron chi connectivity index (χ4n) is 1.28. The predicted molar refractivity (Wildman–Crippen MR) is 61.4 cm³/mol. The molecule has 94 valence electrons. The van der Waals surface area contributed by atoms with Gasteiger partial charge in [-0.05, 0) is 12.1 Å². The van der Waals surface area contributed by atoms with Crippen LogP contribution in [0.5, 0.6) is 5.75 Å². The molecule has 0 atom stereocenters. The van der Waals surface area contributed by atoms with E-state index >= 15 is 0 Å². The number of rotatable bonds is 5. The summed E-state index contributed by atoms with van der Waals surface area (Å²) in [5.41, 5.74) is 2.15. The average molecular weight is 248 g/mol. The highest BCUT2D eigenvalue weighted by molar-refractivity contribution is 5.91. The van der Waals surface area contributed by atoms with Gasteiger partial charge in [0.2, 0.25) is 0 Å². The van der Waals surface area contributed by atoms with Gasteiger partial charge >= 0.3 is 0 Å². The molecule has 0 saturated heterocycles. The summed E-state index contributed by atoms with van der Waals surface area (Å²) in [6.07, 6.45) is 4.78. The minimum Gasteiger partial charge on any atom is -0.490 e. The molecule has 8 heteroatoms. The molecule has 0 aliphatic heterocycles. The molecule has 0 spiro atoms. The highest BCUT2D eigenvalue weighted by Crippen LogP contribution is 2.05. The van der Waals surface area contributed by atoms with E-state index in [2.05, 4.69) is 15.3 Å². The van der Waals surface area contributed by atoms with Gasteiger partial charge in [0.15, 0.2) is 5.69 Å². The van der Waals surface area contributed by atoms with Crippen LogP contribution < -0.4 is 16.0 Å². The van der Waals surface area contributed by atoms with Gasteiger partial charge in [0, 0.05) is 6.20 Å². The molecule has 0 unspecified atom stereocenters. The average Bonchev–Trinajstić information content (AvgIpc) is 2.88. The number of hydrogen-bond donors (Lipinski definition) is 2. The van der Waals surface area contributed by atoms with Crippen LogP contribution in [0, 0.1) is 0 Å². The summed E-state index contributed by atoms with van der Waals surface area (Å²) in [5.74, 6) is 5.18. The fourth-order valence-corrected chi connectivity index (χ4v) is 1.28. The fraction of sp³-hybridized carbons (Fsp3) is 0.200. The van der Waals surface area contributed by atoms with E-state index in [0.29, 0.717) is 18.9 Å². The summed E-state index contributed by atoms with van der Waals surface area (Å²) in [5, 5.41) is 7.44. The number of nitrogens with one attached hydrogen (secondary N) is 1. The third kappa shape index (κ3) is 3.01. The molecule has 3 N–H and O–H groups in total. The van der Waals surface area contributed by atoms with Crippen molar-refractivity contribution in [2.45, 2.75) is 6.54 Å². The standard InChI is InChI=1S/C10H12N6O2/c11-13-10(17)9-7-16(15-14-9)4-5-18-8-2-1-3-12-6-8/h1-3,6-7H,4-5,11H2,(H,13,17). The second-order valence-electron chi connectivity index (χ2n) is 3.38. The molecule has 2 rings (SSSR count). The van der Waals surface area contributed by atoms with Crippen molar-refractivity contribution in [2.24, 2.45) is 5.84 Å². The maximum absolute atomic E-state index is 11.1. The maximum Gasteiger partial charge on any atom is 0.287 e. The van der Waals surface area contributed by atoms with Gasteiger partial charge in [-0.2, -0.15) is 0 Å². The number of amides is 1. The van der Waals surface area contributed by atoms with Crippen LogP contribution in [0.1, 0.15) is 10.5 Å². The van der Waals surface area contributed by atoms with Gasteiger partial charge < -0.3 is 4.74 Å². The zero-order chi connectivity index (χ0) is 12.8. The third-order valence-corrected chi connectivity index (χ3v) is 2.13. The highest BCUT2D eigenvalue weighted by Gasteiger charge is 2.08. The van der Waals surface area contributed by atoms with Crippen molar-refractivity contribution in [3.63, 3.8) is 0 Å². The first-order valence-corrected chi connectivity index (χ1v) is 5.23. The number of carbonyl (C=O) groups is 1. The summed E-state index contributed by atoms with van der Waals surface area (Å²) in [6, 6.07) is 3.59. The van der Waals surface area contributed by atoms with Crippen molar-refractivity contribution in [1.29, 1.82) is 0 Å². The number of hydrogen-bond acceptors (Lipinski definition) is 6. The van der Waals surface area contributed by atoms with Crippen LogP contribution in [0.2, 0.25) is 0 Å². The van der Waals surface area contributed by atoms with Crippen molar-refractivity contribution < 1.29 is 9.53 Å². The van der Waals surface area contributed by atoms with E-state index in [9.17, 15) is 4.79 Å². The van der Waals surface area contributed by atoms with Crippen LogP contribution >= 0.6 is 0 Å². The molecule has 0 radical (unpaired) electrons. The zero-order valence-corrected chi connectivity index (χ0v) is 9.48. The second kappa shape index (κ2) is 5.73. The number of pyridine rings is 1. The molecular weight excluding hydrogens is 236 g/mol. The number of carbonyl (C=O) groups excluding carboxylic acids is 1. The predicted octanol–water partition coefficient (Wildman–Crippen LogP) is -0.644. The molecule has 0 fully saturated rings. The summed E-state index contributed by atoms with van der Waals surface area (Å²) < 4.78 is 6.93. The summed E-state index contributed by atoms with van der Waals surface area (Å²) in [6.45, 7) is 0.873. The lowest BCUT2D eigenvalue weighted by Gasteiger charge is -2.04. The number of hydrazine groups is 1. The second-order valence-corrected chi connectivity index (χ2v) is 3.38. The molecule has 0 aromatic carbocycles. The first-order chi connectivity index (χ1) is 8.79. The molecule has 2 heterocycles. The van der Waals surface area contributed by atoms with Crippen molar-refractivity contribution in [2.75, 3.05) is 6.61 Å². The molecule has 0 bridgehead atoms. The van der Waals surface area contributed by atoms with Gasteiger partial charge in [-0.25, -0.2) is 10.5 Å². The van der Waals surface area contributed by atoms with Crippen LogP contribution in [0.3, 0.4) is 0 Å². The summed E-state index contributed by atoms with van der Waals surface area (Å²) in [4.78, 5) is 15.1. The third-order valence-electron chi connectivity index (χ3n) is 2.13. The van der Waals surface area contributed by atoms with Crippen LogP contribution in [-0.2, 0) is 6.54 Å². The Morgan fingerprint density at radius 2 is 2.44 bits per heavy atom. The van der Waals surface area contributed by atoms with E-state index in [0.717, 1.165) is 0 Å². The van der Waals surface area contributed by atoms with Crippen molar-refractivity contribution in [3.05, 3.63) is 36.4 Å². The Bertz CT molecular complexity index is 512. The number of aromatic nitrogens is 4. The lowest BCUT2D eigenvalue weighted by molar-refractivity contribution is 0.0948. The minimum atomic E-state index is -0.477. The molecule has 0 aliphatic rings. The Morgan fingerprint density at radius 1 is 1.56 bits per heavy atom. The van der Waals surface area contributed by atoms with Gasteiger partial charge in [-0.1, -0.05) is 5.21 Å². The van der Waals surface area contributed by atoms with Crippen LogP contribution in [0.4, 0.5) is 0 Å². The first-order valence-electron chi connectivity index (χ1n) is 5.23. The normalized spacial score (nSPS) is 10.1. The molecular formula is C10H12N6O2. The van der Waals surface area contributed by atoms with E-state index in [1.807, 2.05) is 11.5 Å². The topological polar surface area (TPSA) is 108 Å². The van der Waals surface area contributed by atoms with Crippen LogP contribution in [0.25, 0.3) is 0 Å². The maximum atomic E-state index is 11.1. The lowest BCUT2D eigenvalue weighted by Crippen LogP contribution is -2.30. The number of ether oxygens (including phenoxy) is 1. The Morgan fingerprint density at radius 3 is 3.17 bits per heavy atom. The van der Waals surface area contributed by atoms with Crippen LogP contribution in [-0.4, -0.2) is 32.5 Å². The monoisotopic (exact) mass is 248 g/mol. The van der Waals surface area contributed by atoms with Crippen molar-refractivity contribution >= 4 is 5.91 Å². The van der Waals surface area contributed by atoms with Crippen molar-refractivity contribution in [1.82, 2.24) is 25.4 Å². The number of nitrogens with two attached hydrogens (primary N) is 1.